The molecule has 2 heterocycles. The van der Waals surface area contributed by atoms with Crippen molar-refractivity contribution in [2.45, 2.75) is 57.8 Å². The van der Waals surface area contributed by atoms with E-state index in [0.29, 0.717) is 18.8 Å². The Morgan fingerprint density at radius 1 is 1.23 bits per heavy atom. The molecule has 2 atom stereocenters. The molecule has 1 N–H and O–H groups in total. The van der Waals surface area contributed by atoms with Gasteiger partial charge in [-0.15, -0.1) is 0 Å². The number of benzene rings is 1. The zero-order valence-corrected chi connectivity index (χ0v) is 18.6. The number of guanidine groups is 1. The number of likely N-dealkylation sites (tertiary alicyclic amines) is 1. The Morgan fingerprint density at radius 3 is 2.67 bits per heavy atom. The minimum Gasteiger partial charge on any atom is -0.493 e. The highest BCUT2D eigenvalue weighted by molar-refractivity contribution is 5.80. The van der Waals surface area contributed by atoms with Crippen molar-refractivity contribution < 1.29 is 18.9 Å². The lowest BCUT2D eigenvalue weighted by Crippen LogP contribution is -2.47. The first-order chi connectivity index (χ1) is 14.7. The Kier molecular flexibility index (Phi) is 9.08. The van der Waals surface area contributed by atoms with Gasteiger partial charge in [0.2, 0.25) is 0 Å². The maximum absolute atomic E-state index is 6.10. The molecule has 0 saturated carbocycles. The lowest BCUT2D eigenvalue weighted by Gasteiger charge is -2.34. The normalized spacial score (nSPS) is 21.5. The van der Waals surface area contributed by atoms with E-state index in [0.717, 1.165) is 76.0 Å². The standard InChI is InChI=1S/C23H37N3O4/c1-4-24-23(25-16-18(2)30-22-10-6-5-9-21(22)27-3)26-13-11-19(12-14-26)29-17-20-8-7-15-28-20/h5-6,9-10,18-20H,4,7-8,11-17H2,1-3H3,(H,24,25). The lowest BCUT2D eigenvalue weighted by molar-refractivity contribution is -0.0367. The third kappa shape index (κ3) is 6.77. The average molecular weight is 420 g/mol. The van der Waals surface area contributed by atoms with Gasteiger partial charge in [0, 0.05) is 26.2 Å². The summed E-state index contributed by atoms with van der Waals surface area (Å²) >= 11 is 0. The molecule has 168 valence electrons. The molecule has 1 aromatic rings. The molecule has 7 heteroatoms. The van der Waals surface area contributed by atoms with Crippen LogP contribution in [0.2, 0.25) is 0 Å². The van der Waals surface area contributed by atoms with Crippen molar-refractivity contribution in [2.24, 2.45) is 4.99 Å². The molecule has 7 nitrogen and oxygen atoms in total. The first kappa shape index (κ1) is 22.7. The van der Waals surface area contributed by atoms with Crippen molar-refractivity contribution in [3.8, 4) is 11.5 Å². The molecule has 0 amide bonds. The predicted molar refractivity (Wildman–Crippen MR) is 119 cm³/mol. The van der Waals surface area contributed by atoms with Crippen molar-refractivity contribution in [3.05, 3.63) is 24.3 Å². The van der Waals surface area contributed by atoms with Crippen LogP contribution in [0.5, 0.6) is 11.5 Å². The molecular formula is C23H37N3O4. The minimum absolute atomic E-state index is 0.0535. The fourth-order valence-electron chi connectivity index (χ4n) is 3.86. The second-order valence-corrected chi connectivity index (χ2v) is 7.93. The highest BCUT2D eigenvalue weighted by Crippen LogP contribution is 2.26. The molecule has 2 saturated heterocycles. The molecule has 30 heavy (non-hydrogen) atoms. The summed E-state index contributed by atoms with van der Waals surface area (Å²) in [6, 6.07) is 7.71. The van der Waals surface area contributed by atoms with Gasteiger partial charge in [0.05, 0.1) is 32.5 Å². The number of nitrogens with one attached hydrogen (secondary N) is 1. The van der Waals surface area contributed by atoms with E-state index in [-0.39, 0.29) is 6.10 Å². The zero-order chi connectivity index (χ0) is 21.2. The van der Waals surface area contributed by atoms with E-state index >= 15 is 0 Å². The second-order valence-electron chi connectivity index (χ2n) is 7.93. The van der Waals surface area contributed by atoms with Crippen LogP contribution >= 0.6 is 0 Å². The van der Waals surface area contributed by atoms with Gasteiger partial charge < -0.3 is 29.2 Å². The van der Waals surface area contributed by atoms with E-state index in [9.17, 15) is 0 Å². The van der Waals surface area contributed by atoms with Crippen LogP contribution < -0.4 is 14.8 Å². The van der Waals surface area contributed by atoms with E-state index in [2.05, 4.69) is 17.1 Å². The quantitative estimate of drug-likeness (QED) is 0.490. The van der Waals surface area contributed by atoms with Gasteiger partial charge in [-0.25, -0.2) is 4.99 Å². The topological polar surface area (TPSA) is 64.6 Å². The van der Waals surface area contributed by atoms with Gasteiger partial charge in [-0.1, -0.05) is 12.1 Å². The molecule has 3 rings (SSSR count). The number of hydrogen-bond acceptors (Lipinski definition) is 5. The SMILES string of the molecule is CCNC(=NCC(C)Oc1ccccc1OC)N1CCC(OCC2CCCO2)CC1. The first-order valence-corrected chi connectivity index (χ1v) is 11.3. The Balaban J connectivity index is 1.46. The van der Waals surface area contributed by atoms with E-state index < -0.39 is 0 Å². The Morgan fingerprint density at radius 2 is 2.00 bits per heavy atom. The molecule has 0 bridgehead atoms. The maximum Gasteiger partial charge on any atom is 0.194 e. The summed E-state index contributed by atoms with van der Waals surface area (Å²) in [5.41, 5.74) is 0. The van der Waals surface area contributed by atoms with Gasteiger partial charge in [-0.05, 0) is 51.7 Å². The summed E-state index contributed by atoms with van der Waals surface area (Å²) in [5.74, 6) is 2.44. The summed E-state index contributed by atoms with van der Waals surface area (Å²) in [5, 5.41) is 3.42. The van der Waals surface area contributed by atoms with Crippen LogP contribution in [0.15, 0.2) is 29.3 Å². The smallest absolute Gasteiger partial charge is 0.194 e. The van der Waals surface area contributed by atoms with Gasteiger partial charge in [-0.3, -0.25) is 0 Å². The van der Waals surface area contributed by atoms with E-state index in [1.54, 1.807) is 7.11 Å². The number of nitrogens with zero attached hydrogens (tertiary/aromatic N) is 2. The fraction of sp³-hybridized carbons (Fsp3) is 0.696. The molecule has 2 aliphatic heterocycles. The highest BCUT2D eigenvalue weighted by Gasteiger charge is 2.24. The number of rotatable bonds is 9. The van der Waals surface area contributed by atoms with E-state index in [4.69, 9.17) is 23.9 Å². The van der Waals surface area contributed by atoms with Gasteiger partial charge in [0.1, 0.15) is 6.10 Å². The van der Waals surface area contributed by atoms with Crippen LogP contribution in [0.25, 0.3) is 0 Å². The van der Waals surface area contributed by atoms with Crippen molar-refractivity contribution in [3.63, 3.8) is 0 Å². The molecule has 0 aromatic heterocycles. The molecule has 0 aliphatic carbocycles. The van der Waals surface area contributed by atoms with Crippen LogP contribution in [0.1, 0.15) is 39.5 Å². The van der Waals surface area contributed by atoms with Crippen molar-refractivity contribution in [1.82, 2.24) is 10.2 Å². The zero-order valence-electron chi connectivity index (χ0n) is 18.6. The number of para-hydroxylation sites is 2. The highest BCUT2D eigenvalue weighted by atomic mass is 16.5. The van der Waals surface area contributed by atoms with Crippen molar-refractivity contribution >= 4 is 5.96 Å². The summed E-state index contributed by atoms with van der Waals surface area (Å²) in [7, 11) is 1.66. The number of methoxy groups -OCH3 is 1. The van der Waals surface area contributed by atoms with Gasteiger partial charge >= 0.3 is 0 Å². The summed E-state index contributed by atoms with van der Waals surface area (Å²) < 4.78 is 23.2. The van der Waals surface area contributed by atoms with Crippen LogP contribution in [-0.4, -0.2) is 75.7 Å². The lowest BCUT2D eigenvalue weighted by atomic mass is 10.1. The monoisotopic (exact) mass is 419 g/mol. The largest absolute Gasteiger partial charge is 0.493 e. The second kappa shape index (κ2) is 12.0. The molecular weight excluding hydrogens is 382 g/mol. The van der Waals surface area contributed by atoms with E-state index in [1.807, 2.05) is 31.2 Å². The third-order valence-electron chi connectivity index (χ3n) is 5.51. The molecule has 1 aromatic carbocycles. The number of ether oxygens (including phenoxy) is 4. The minimum atomic E-state index is -0.0535. The van der Waals surface area contributed by atoms with Gasteiger partial charge in [0.25, 0.3) is 0 Å². The Hall–Kier alpha value is -1.99. The Labute approximate surface area is 180 Å². The summed E-state index contributed by atoms with van der Waals surface area (Å²) in [6.45, 7) is 9.07. The van der Waals surface area contributed by atoms with Crippen LogP contribution in [0.3, 0.4) is 0 Å². The van der Waals surface area contributed by atoms with Crippen molar-refractivity contribution in [1.29, 1.82) is 0 Å². The molecule has 0 spiro atoms. The molecule has 2 aliphatic rings. The predicted octanol–water partition coefficient (Wildman–Crippen LogP) is 3.09. The van der Waals surface area contributed by atoms with Gasteiger partial charge in [0.15, 0.2) is 17.5 Å². The number of piperidine rings is 1. The average Bonchev–Trinajstić information content (AvgIpc) is 3.30. The summed E-state index contributed by atoms with van der Waals surface area (Å²) in [4.78, 5) is 7.15. The van der Waals surface area contributed by atoms with Gasteiger partial charge in [-0.2, -0.15) is 0 Å². The molecule has 2 unspecified atom stereocenters. The molecule has 2 fully saturated rings. The first-order valence-electron chi connectivity index (χ1n) is 11.3. The molecule has 0 radical (unpaired) electrons. The van der Waals surface area contributed by atoms with Crippen LogP contribution in [0, 0.1) is 0 Å². The number of aliphatic imine (C=N–C) groups is 1. The fourth-order valence-corrected chi connectivity index (χ4v) is 3.86. The summed E-state index contributed by atoms with van der Waals surface area (Å²) in [6.07, 6.45) is 4.89. The Bertz CT molecular complexity index is 656. The number of hydrogen-bond donors (Lipinski definition) is 1. The van der Waals surface area contributed by atoms with Crippen molar-refractivity contribution in [2.75, 3.05) is 46.5 Å². The van der Waals surface area contributed by atoms with Crippen LogP contribution in [0.4, 0.5) is 0 Å². The van der Waals surface area contributed by atoms with Crippen LogP contribution in [-0.2, 0) is 9.47 Å². The van der Waals surface area contributed by atoms with E-state index in [1.165, 1.54) is 0 Å². The maximum atomic E-state index is 6.10. The third-order valence-corrected chi connectivity index (χ3v) is 5.51.